The number of nitrogens with zero attached hydrogens (tertiary/aromatic N) is 2. The second-order valence-electron chi connectivity index (χ2n) is 9.71. The molecule has 1 aliphatic heterocycles. The molecule has 0 unspecified atom stereocenters. The number of carboxylic acid groups (broad SMARTS) is 1. The Balaban J connectivity index is 1.66. The van der Waals surface area contributed by atoms with Gasteiger partial charge in [0.15, 0.2) is 0 Å². The molecule has 0 aliphatic carbocycles. The summed E-state index contributed by atoms with van der Waals surface area (Å²) in [5.41, 5.74) is -0.328. The number of alkyl halides is 3. The number of sulfonamides is 1. The Bertz CT molecular complexity index is 1800. The SMILES string of the molecule is Cc1ccc(-c2cc(C(F)(F)F)ccc2OCc2ccc(F)cc2F)n1-c1cc(C(=O)O)cc(N2CCCS2(=O)=O)c1. The van der Waals surface area contributed by atoms with Crippen molar-refractivity contribution in [2.45, 2.75) is 26.1 Å². The summed E-state index contributed by atoms with van der Waals surface area (Å²) in [5, 5.41) is 9.77. The number of carbonyl (C=O) groups is 1. The Morgan fingerprint density at radius 3 is 2.36 bits per heavy atom. The maximum Gasteiger partial charge on any atom is 0.416 e. The van der Waals surface area contributed by atoms with Crippen LogP contribution in [-0.2, 0) is 22.8 Å². The minimum Gasteiger partial charge on any atom is -0.488 e. The Hall–Kier alpha value is -4.39. The summed E-state index contributed by atoms with van der Waals surface area (Å²) in [7, 11) is -3.68. The third-order valence-corrected chi connectivity index (χ3v) is 8.72. The Labute approximate surface area is 237 Å². The molecule has 220 valence electrons. The van der Waals surface area contributed by atoms with E-state index in [0.717, 1.165) is 34.6 Å². The minimum atomic E-state index is -4.72. The average molecular weight is 607 g/mol. The van der Waals surface area contributed by atoms with Gasteiger partial charge in [-0.25, -0.2) is 22.0 Å². The summed E-state index contributed by atoms with van der Waals surface area (Å²) in [6, 6.07) is 12.7. The van der Waals surface area contributed by atoms with Gasteiger partial charge in [0.2, 0.25) is 10.0 Å². The molecule has 0 bridgehead atoms. The quantitative estimate of drug-likeness (QED) is 0.241. The molecule has 42 heavy (non-hydrogen) atoms. The lowest BCUT2D eigenvalue weighted by molar-refractivity contribution is -0.137. The molecule has 4 aromatic rings. The van der Waals surface area contributed by atoms with Gasteiger partial charge in [0, 0.05) is 35.1 Å². The molecule has 1 saturated heterocycles. The van der Waals surface area contributed by atoms with E-state index in [9.17, 15) is 40.3 Å². The van der Waals surface area contributed by atoms with Crippen molar-refractivity contribution in [3.05, 3.63) is 101 Å². The average Bonchev–Trinajstić information content (AvgIpc) is 3.48. The van der Waals surface area contributed by atoms with Crippen LogP contribution in [-0.4, -0.2) is 36.4 Å². The number of halogens is 5. The first-order valence-electron chi connectivity index (χ1n) is 12.6. The van der Waals surface area contributed by atoms with Gasteiger partial charge < -0.3 is 14.4 Å². The fraction of sp³-hybridized carbons (Fsp3) is 0.207. The predicted octanol–water partition coefficient (Wildman–Crippen LogP) is 6.57. The van der Waals surface area contributed by atoms with Crippen LogP contribution in [0.25, 0.3) is 16.9 Å². The minimum absolute atomic E-state index is 0.0283. The third-order valence-electron chi connectivity index (χ3n) is 6.85. The summed E-state index contributed by atoms with van der Waals surface area (Å²) < 4.78 is 102. The van der Waals surface area contributed by atoms with Gasteiger partial charge in [0.05, 0.1) is 28.3 Å². The highest BCUT2D eigenvalue weighted by Gasteiger charge is 2.33. The van der Waals surface area contributed by atoms with E-state index in [1.807, 2.05) is 0 Å². The van der Waals surface area contributed by atoms with E-state index in [4.69, 9.17) is 4.74 Å². The molecule has 0 radical (unpaired) electrons. The normalized spacial score (nSPS) is 14.8. The van der Waals surface area contributed by atoms with Gasteiger partial charge in [0.1, 0.15) is 24.0 Å². The van der Waals surface area contributed by atoms with Crippen LogP contribution in [0.3, 0.4) is 0 Å². The van der Waals surface area contributed by atoms with Crippen LogP contribution in [0.4, 0.5) is 27.6 Å². The van der Waals surface area contributed by atoms with E-state index >= 15 is 0 Å². The molecule has 0 amide bonds. The van der Waals surface area contributed by atoms with Crippen molar-refractivity contribution in [3.8, 4) is 22.7 Å². The predicted molar refractivity (Wildman–Crippen MR) is 144 cm³/mol. The second-order valence-corrected chi connectivity index (χ2v) is 11.7. The van der Waals surface area contributed by atoms with Crippen LogP contribution in [0.5, 0.6) is 5.75 Å². The Morgan fingerprint density at radius 2 is 1.71 bits per heavy atom. The van der Waals surface area contributed by atoms with Crippen LogP contribution >= 0.6 is 0 Å². The first kappa shape index (κ1) is 29.1. The van der Waals surface area contributed by atoms with E-state index in [-0.39, 0.29) is 51.8 Å². The fourth-order valence-electron chi connectivity index (χ4n) is 4.84. The topological polar surface area (TPSA) is 88.8 Å². The molecule has 1 aromatic heterocycles. The third kappa shape index (κ3) is 5.69. The highest BCUT2D eigenvalue weighted by atomic mass is 32.2. The number of aromatic carboxylic acids is 1. The molecule has 0 atom stereocenters. The van der Waals surface area contributed by atoms with Gasteiger partial charge in [0.25, 0.3) is 0 Å². The van der Waals surface area contributed by atoms with E-state index in [1.165, 1.54) is 28.8 Å². The lowest BCUT2D eigenvalue weighted by atomic mass is 10.1. The van der Waals surface area contributed by atoms with Crippen LogP contribution in [0, 0.1) is 18.6 Å². The number of ether oxygens (including phenoxy) is 1. The van der Waals surface area contributed by atoms with E-state index in [0.29, 0.717) is 18.2 Å². The van der Waals surface area contributed by atoms with Crippen molar-refractivity contribution in [1.82, 2.24) is 4.57 Å². The number of hydrogen-bond donors (Lipinski definition) is 1. The summed E-state index contributed by atoms with van der Waals surface area (Å²) in [5.74, 6) is -3.18. The number of hydrogen-bond acceptors (Lipinski definition) is 4. The van der Waals surface area contributed by atoms with E-state index < -0.39 is 46.0 Å². The van der Waals surface area contributed by atoms with Gasteiger partial charge in [-0.3, -0.25) is 4.31 Å². The smallest absolute Gasteiger partial charge is 0.416 e. The Kier molecular flexibility index (Phi) is 7.48. The lowest BCUT2D eigenvalue weighted by Crippen LogP contribution is -2.25. The summed E-state index contributed by atoms with van der Waals surface area (Å²) in [6.07, 6.45) is -4.37. The van der Waals surface area contributed by atoms with Gasteiger partial charge >= 0.3 is 12.1 Å². The van der Waals surface area contributed by atoms with Crippen LogP contribution in [0.15, 0.2) is 66.7 Å². The maximum atomic E-state index is 14.2. The van der Waals surface area contributed by atoms with Crippen molar-refractivity contribution >= 4 is 21.7 Å². The van der Waals surface area contributed by atoms with Gasteiger partial charge in [-0.15, -0.1) is 0 Å². The molecule has 1 fully saturated rings. The number of aromatic nitrogens is 1. The molecule has 0 spiro atoms. The second kappa shape index (κ2) is 10.8. The maximum absolute atomic E-state index is 14.2. The molecule has 13 heteroatoms. The lowest BCUT2D eigenvalue weighted by Gasteiger charge is -2.21. The number of aryl methyl sites for hydroxylation is 1. The van der Waals surface area contributed by atoms with Crippen molar-refractivity contribution < 1.29 is 45.0 Å². The monoisotopic (exact) mass is 606 g/mol. The number of carboxylic acids is 1. The highest BCUT2D eigenvalue weighted by Crippen LogP contribution is 2.40. The van der Waals surface area contributed by atoms with Crippen molar-refractivity contribution in [1.29, 1.82) is 0 Å². The van der Waals surface area contributed by atoms with Crippen LogP contribution in [0.1, 0.15) is 33.6 Å². The molecule has 3 aromatic carbocycles. The molecule has 1 aliphatic rings. The fourth-order valence-corrected chi connectivity index (χ4v) is 6.39. The first-order chi connectivity index (χ1) is 19.7. The standard InChI is InChI=1S/C29H23F5N2O5S/c1-17-3-7-26(36(17)23-12-19(28(37)38)11-22(15-23)35-9-2-10-42(35,39)40)24-13-20(29(32,33)34)5-8-27(24)41-16-18-4-6-21(30)14-25(18)31/h3-8,11-15H,2,9-10,16H2,1H3,(H,37,38). The zero-order valence-corrected chi connectivity index (χ0v) is 22.8. The molecule has 0 saturated carbocycles. The zero-order valence-electron chi connectivity index (χ0n) is 22.0. The van der Waals surface area contributed by atoms with E-state index in [1.54, 1.807) is 13.0 Å². The molecule has 5 rings (SSSR count). The summed E-state index contributed by atoms with van der Waals surface area (Å²) in [6.45, 7) is 1.37. The van der Waals surface area contributed by atoms with Crippen molar-refractivity contribution in [2.75, 3.05) is 16.6 Å². The molecule has 7 nitrogen and oxygen atoms in total. The summed E-state index contributed by atoms with van der Waals surface area (Å²) in [4.78, 5) is 12.0. The van der Waals surface area contributed by atoms with Crippen molar-refractivity contribution in [2.24, 2.45) is 0 Å². The molecular formula is C29H23F5N2O5S. The van der Waals surface area contributed by atoms with Crippen LogP contribution in [0.2, 0.25) is 0 Å². The van der Waals surface area contributed by atoms with Crippen molar-refractivity contribution in [3.63, 3.8) is 0 Å². The first-order valence-corrected chi connectivity index (χ1v) is 14.2. The molecule has 2 heterocycles. The molecular weight excluding hydrogens is 583 g/mol. The van der Waals surface area contributed by atoms with Gasteiger partial charge in [-0.1, -0.05) is 0 Å². The van der Waals surface area contributed by atoms with Gasteiger partial charge in [-0.2, -0.15) is 13.2 Å². The largest absolute Gasteiger partial charge is 0.488 e. The Morgan fingerprint density at radius 1 is 0.976 bits per heavy atom. The molecule has 1 N–H and O–H groups in total. The number of anilines is 1. The number of rotatable bonds is 7. The zero-order chi connectivity index (χ0) is 30.4. The van der Waals surface area contributed by atoms with E-state index in [2.05, 4.69) is 0 Å². The summed E-state index contributed by atoms with van der Waals surface area (Å²) >= 11 is 0. The highest BCUT2D eigenvalue weighted by molar-refractivity contribution is 7.93. The van der Waals surface area contributed by atoms with Crippen LogP contribution < -0.4 is 9.04 Å². The van der Waals surface area contributed by atoms with Gasteiger partial charge in [-0.05, 0) is 74.0 Å². The number of benzene rings is 3.